The molecule has 0 spiro atoms. The Morgan fingerprint density at radius 3 is 2.90 bits per heavy atom. The molecule has 6 nitrogen and oxygen atoms in total. The molecule has 0 saturated carbocycles. The highest BCUT2D eigenvalue weighted by molar-refractivity contribution is 8.26. The zero-order valence-corrected chi connectivity index (χ0v) is 17.3. The van der Waals surface area contributed by atoms with Crippen molar-refractivity contribution in [1.82, 2.24) is 4.90 Å². The van der Waals surface area contributed by atoms with Gasteiger partial charge < -0.3 is 14.3 Å². The van der Waals surface area contributed by atoms with Gasteiger partial charge in [-0.15, -0.1) is 0 Å². The molecule has 0 radical (unpaired) electrons. The second-order valence-corrected chi connectivity index (χ2v) is 8.03. The van der Waals surface area contributed by atoms with Gasteiger partial charge in [0, 0.05) is 11.1 Å². The Balaban J connectivity index is 1.66. The molecule has 3 rings (SSSR count). The van der Waals surface area contributed by atoms with Crippen LogP contribution in [-0.2, 0) is 14.3 Å². The Labute approximate surface area is 180 Å². The number of thiocarbonyl (C=S) groups is 1. The number of carboxylic acids is 1. The third-order valence-electron chi connectivity index (χ3n) is 3.89. The highest BCUT2D eigenvalue weighted by Crippen LogP contribution is 2.34. The first-order chi connectivity index (χ1) is 13.8. The van der Waals surface area contributed by atoms with Crippen molar-refractivity contribution in [2.24, 2.45) is 0 Å². The predicted octanol–water partition coefficient (Wildman–Crippen LogP) is 4.43. The van der Waals surface area contributed by atoms with E-state index >= 15 is 0 Å². The topological polar surface area (TPSA) is 80.0 Å². The molecule has 1 aromatic carbocycles. The average Bonchev–Trinajstić information content (AvgIpc) is 3.23. The zero-order valence-electron chi connectivity index (χ0n) is 14.9. The first-order valence-electron chi connectivity index (χ1n) is 8.45. The number of halogens is 2. The van der Waals surface area contributed by atoms with E-state index in [1.807, 2.05) is 0 Å². The third kappa shape index (κ3) is 5.45. The summed E-state index contributed by atoms with van der Waals surface area (Å²) >= 11 is 12.3. The standard InChI is InChI=1S/C19H15ClFNO5S2/c20-11-1-3-14(21)13(9-11)15-4-2-12(27-15)10-16-18(25)22(19(28)29-16)6-8-26-7-5-17(23)24/h1-4,9-10H,5-8H2,(H,23,24)/b16-10-. The SMILES string of the molecule is O=C(O)CCOCCN1C(=O)/C(=C/c2ccc(-c3cc(Cl)ccc3F)o2)SC1=S. The zero-order chi connectivity index (χ0) is 21.0. The van der Waals surface area contributed by atoms with Crippen LogP contribution in [0.2, 0.25) is 5.02 Å². The van der Waals surface area contributed by atoms with Crippen molar-refractivity contribution in [3.63, 3.8) is 0 Å². The van der Waals surface area contributed by atoms with E-state index < -0.39 is 11.8 Å². The highest BCUT2D eigenvalue weighted by atomic mass is 35.5. The molecule has 0 atom stereocenters. The van der Waals surface area contributed by atoms with E-state index in [1.54, 1.807) is 12.1 Å². The Morgan fingerprint density at radius 2 is 2.14 bits per heavy atom. The summed E-state index contributed by atoms with van der Waals surface area (Å²) in [5.74, 6) is -1.05. The van der Waals surface area contributed by atoms with Gasteiger partial charge in [-0.2, -0.15) is 0 Å². The number of furan rings is 1. The molecule has 2 aromatic rings. The van der Waals surface area contributed by atoms with E-state index in [0.717, 1.165) is 11.8 Å². The van der Waals surface area contributed by atoms with E-state index in [-0.39, 0.29) is 37.6 Å². The molecule has 1 aliphatic rings. The number of ether oxygens (including phenoxy) is 1. The van der Waals surface area contributed by atoms with Gasteiger partial charge in [0.15, 0.2) is 0 Å². The van der Waals surface area contributed by atoms with Crippen LogP contribution in [0.5, 0.6) is 0 Å². The fourth-order valence-electron chi connectivity index (χ4n) is 2.50. The average molecular weight is 456 g/mol. The molecule has 29 heavy (non-hydrogen) atoms. The van der Waals surface area contributed by atoms with E-state index in [0.29, 0.717) is 25.8 Å². The number of rotatable bonds is 8. The summed E-state index contributed by atoms with van der Waals surface area (Å²) in [4.78, 5) is 24.8. The van der Waals surface area contributed by atoms with Gasteiger partial charge in [-0.05, 0) is 30.3 Å². The molecule has 1 saturated heterocycles. The number of carboxylic acid groups (broad SMARTS) is 1. The normalized spacial score (nSPS) is 15.5. The van der Waals surface area contributed by atoms with Crippen LogP contribution in [0.4, 0.5) is 4.39 Å². The Bertz CT molecular complexity index is 991. The van der Waals surface area contributed by atoms with Gasteiger partial charge >= 0.3 is 5.97 Å². The number of carbonyl (C=O) groups is 2. The predicted molar refractivity (Wildman–Crippen MR) is 112 cm³/mol. The molecule has 1 N–H and O–H groups in total. The Morgan fingerprint density at radius 1 is 1.34 bits per heavy atom. The summed E-state index contributed by atoms with van der Waals surface area (Å²) in [7, 11) is 0. The molecule has 10 heteroatoms. The molecule has 1 amide bonds. The van der Waals surface area contributed by atoms with Crippen molar-refractivity contribution in [1.29, 1.82) is 0 Å². The van der Waals surface area contributed by atoms with Crippen molar-refractivity contribution in [3.05, 3.63) is 51.8 Å². The van der Waals surface area contributed by atoms with Gasteiger partial charge in [-0.1, -0.05) is 35.6 Å². The Hall–Kier alpha value is -2.20. The Kier molecular flexibility index (Phi) is 7.07. The van der Waals surface area contributed by atoms with Gasteiger partial charge in [0.2, 0.25) is 0 Å². The van der Waals surface area contributed by atoms with Crippen molar-refractivity contribution in [2.45, 2.75) is 6.42 Å². The van der Waals surface area contributed by atoms with Crippen LogP contribution >= 0.6 is 35.6 Å². The lowest BCUT2D eigenvalue weighted by atomic mass is 10.1. The number of benzene rings is 1. The van der Waals surface area contributed by atoms with Crippen molar-refractivity contribution in [2.75, 3.05) is 19.8 Å². The smallest absolute Gasteiger partial charge is 0.305 e. The van der Waals surface area contributed by atoms with Gasteiger partial charge in [-0.25, -0.2) is 4.39 Å². The molecule has 0 unspecified atom stereocenters. The summed E-state index contributed by atoms with van der Waals surface area (Å²) < 4.78 is 25.2. The number of aliphatic carboxylic acids is 1. The summed E-state index contributed by atoms with van der Waals surface area (Å²) in [5, 5.41) is 8.95. The lowest BCUT2D eigenvalue weighted by Gasteiger charge is -2.14. The monoisotopic (exact) mass is 455 g/mol. The maximum Gasteiger partial charge on any atom is 0.305 e. The summed E-state index contributed by atoms with van der Waals surface area (Å²) in [5.41, 5.74) is 0.225. The largest absolute Gasteiger partial charge is 0.481 e. The number of hydrogen-bond donors (Lipinski definition) is 1. The fraction of sp³-hybridized carbons (Fsp3) is 0.211. The molecule has 1 fully saturated rings. The van der Waals surface area contributed by atoms with Crippen LogP contribution in [0.3, 0.4) is 0 Å². The second-order valence-electron chi connectivity index (χ2n) is 5.92. The van der Waals surface area contributed by atoms with E-state index in [4.69, 9.17) is 38.1 Å². The van der Waals surface area contributed by atoms with Crippen molar-refractivity contribution < 1.29 is 28.2 Å². The summed E-state index contributed by atoms with van der Waals surface area (Å²) in [6.07, 6.45) is 1.43. The molecule has 1 aliphatic heterocycles. The van der Waals surface area contributed by atoms with Gasteiger partial charge in [0.1, 0.15) is 21.7 Å². The number of amides is 1. The van der Waals surface area contributed by atoms with Crippen LogP contribution in [0, 0.1) is 5.82 Å². The number of thioether (sulfide) groups is 1. The second kappa shape index (κ2) is 9.53. The molecule has 2 heterocycles. The molecule has 0 aliphatic carbocycles. The maximum absolute atomic E-state index is 14.0. The number of carbonyl (C=O) groups excluding carboxylic acids is 1. The third-order valence-corrected chi connectivity index (χ3v) is 5.50. The minimum atomic E-state index is -0.950. The van der Waals surface area contributed by atoms with Crippen molar-refractivity contribution in [3.8, 4) is 11.3 Å². The minimum Gasteiger partial charge on any atom is -0.481 e. The van der Waals surface area contributed by atoms with Crippen LogP contribution in [0.25, 0.3) is 17.4 Å². The fourth-order valence-corrected chi connectivity index (χ4v) is 3.96. The number of hydrogen-bond acceptors (Lipinski definition) is 6. The minimum absolute atomic E-state index is 0.0647. The van der Waals surface area contributed by atoms with Crippen LogP contribution in [0.15, 0.2) is 39.7 Å². The van der Waals surface area contributed by atoms with Gasteiger partial charge in [0.25, 0.3) is 5.91 Å². The molecule has 152 valence electrons. The van der Waals surface area contributed by atoms with Crippen LogP contribution in [-0.4, -0.2) is 46.0 Å². The molecular weight excluding hydrogens is 441 g/mol. The lowest BCUT2D eigenvalue weighted by molar-refractivity contribution is -0.138. The van der Waals surface area contributed by atoms with Crippen LogP contribution in [0.1, 0.15) is 12.2 Å². The molecular formula is C19H15ClFNO5S2. The van der Waals surface area contributed by atoms with Gasteiger partial charge in [-0.3, -0.25) is 14.5 Å². The van der Waals surface area contributed by atoms with E-state index in [9.17, 15) is 14.0 Å². The van der Waals surface area contributed by atoms with Gasteiger partial charge in [0.05, 0.1) is 36.6 Å². The quantitative estimate of drug-likeness (QED) is 0.358. The molecule has 0 bridgehead atoms. The molecule has 1 aromatic heterocycles. The maximum atomic E-state index is 14.0. The first-order valence-corrected chi connectivity index (χ1v) is 10.1. The highest BCUT2D eigenvalue weighted by Gasteiger charge is 2.32. The van der Waals surface area contributed by atoms with Crippen LogP contribution < -0.4 is 0 Å². The first kappa shape index (κ1) is 21.5. The van der Waals surface area contributed by atoms with E-state index in [2.05, 4.69) is 0 Å². The summed E-state index contributed by atoms with van der Waals surface area (Å²) in [6, 6.07) is 7.38. The van der Waals surface area contributed by atoms with E-state index in [1.165, 1.54) is 29.2 Å². The van der Waals surface area contributed by atoms with Crippen molar-refractivity contribution >= 4 is 57.9 Å². The lowest BCUT2D eigenvalue weighted by Crippen LogP contribution is -2.31. The summed E-state index contributed by atoms with van der Waals surface area (Å²) in [6.45, 7) is 0.458. The number of nitrogens with zero attached hydrogens (tertiary/aromatic N) is 1.